The smallest absolute Gasteiger partial charge is 0.257 e. The fraction of sp³-hybridized carbons (Fsp3) is 0.625. The first-order chi connectivity index (χ1) is 10.0. The molecule has 21 heavy (non-hydrogen) atoms. The van der Waals surface area contributed by atoms with Crippen LogP contribution in [-0.2, 0) is 0 Å². The lowest BCUT2D eigenvalue weighted by Crippen LogP contribution is -2.39. The molecule has 1 fully saturated rings. The van der Waals surface area contributed by atoms with Gasteiger partial charge in [-0.25, -0.2) is 9.37 Å². The van der Waals surface area contributed by atoms with Crippen molar-refractivity contribution in [2.75, 3.05) is 18.4 Å². The van der Waals surface area contributed by atoms with Crippen LogP contribution in [0.5, 0.6) is 0 Å². The summed E-state index contributed by atoms with van der Waals surface area (Å²) >= 11 is 0. The van der Waals surface area contributed by atoms with Crippen LogP contribution in [0.1, 0.15) is 50.4 Å². The lowest BCUT2D eigenvalue weighted by Gasteiger charge is -2.27. The minimum Gasteiger partial charge on any atom is -0.368 e. The summed E-state index contributed by atoms with van der Waals surface area (Å²) in [5, 5.41) is 2.92. The van der Waals surface area contributed by atoms with Crippen LogP contribution in [0.2, 0.25) is 0 Å². The van der Waals surface area contributed by atoms with Crippen molar-refractivity contribution >= 4 is 11.7 Å². The van der Waals surface area contributed by atoms with Crippen LogP contribution in [-0.4, -0.2) is 34.9 Å². The van der Waals surface area contributed by atoms with Crippen molar-refractivity contribution in [3.05, 3.63) is 23.6 Å². The molecule has 0 bridgehead atoms. The number of amides is 1. The summed E-state index contributed by atoms with van der Waals surface area (Å²) in [4.78, 5) is 18.4. The number of carbonyl (C=O) groups excluding carboxylic acids is 1. The van der Waals surface area contributed by atoms with E-state index in [0.29, 0.717) is 12.5 Å². The zero-order chi connectivity index (χ0) is 15.4. The molecule has 2 rings (SSSR count). The number of halogens is 1. The van der Waals surface area contributed by atoms with Crippen molar-refractivity contribution in [2.45, 2.75) is 46.1 Å². The Kier molecular flexibility index (Phi) is 5.15. The van der Waals surface area contributed by atoms with Gasteiger partial charge in [0.15, 0.2) is 11.6 Å². The molecule has 0 aromatic carbocycles. The van der Waals surface area contributed by atoms with Crippen molar-refractivity contribution in [2.24, 2.45) is 5.92 Å². The number of hydrogen-bond acceptors (Lipinski definition) is 3. The lowest BCUT2D eigenvalue weighted by atomic mass is 10.1. The molecule has 1 saturated carbocycles. The number of nitrogens with zero attached hydrogens (tertiary/aromatic N) is 2. The number of nitrogens with one attached hydrogen (secondary N) is 1. The number of aromatic nitrogens is 1. The molecular formula is C16H24FN3O. The van der Waals surface area contributed by atoms with E-state index >= 15 is 0 Å². The molecular weight excluding hydrogens is 269 g/mol. The van der Waals surface area contributed by atoms with E-state index in [1.54, 1.807) is 4.90 Å². The Bertz CT molecular complexity index is 500. The predicted octanol–water partition coefficient (Wildman–Crippen LogP) is 3.30. The highest BCUT2D eigenvalue weighted by molar-refractivity contribution is 5.95. The lowest BCUT2D eigenvalue weighted by molar-refractivity contribution is 0.0691. The summed E-state index contributed by atoms with van der Waals surface area (Å²) in [7, 11) is 0. The highest BCUT2D eigenvalue weighted by Gasteiger charge is 2.30. The molecule has 1 amide bonds. The summed E-state index contributed by atoms with van der Waals surface area (Å²) in [6.07, 6.45) is 4.69. The molecule has 4 nitrogen and oxygen atoms in total. The number of pyridine rings is 1. The average molecular weight is 293 g/mol. The zero-order valence-electron chi connectivity index (χ0n) is 13.0. The summed E-state index contributed by atoms with van der Waals surface area (Å²) < 4.78 is 14.5. The predicted molar refractivity (Wildman–Crippen MR) is 81.9 cm³/mol. The van der Waals surface area contributed by atoms with Gasteiger partial charge >= 0.3 is 0 Å². The second-order valence-electron chi connectivity index (χ2n) is 5.94. The molecule has 1 aromatic heterocycles. The number of rotatable bonds is 7. The van der Waals surface area contributed by atoms with Gasteiger partial charge in [-0.15, -0.1) is 0 Å². The van der Waals surface area contributed by atoms with Gasteiger partial charge in [0.25, 0.3) is 5.91 Å². The van der Waals surface area contributed by atoms with Crippen LogP contribution in [0.3, 0.4) is 0 Å². The molecule has 0 spiro atoms. The molecule has 1 aliphatic rings. The number of anilines is 1. The van der Waals surface area contributed by atoms with Crippen molar-refractivity contribution in [1.29, 1.82) is 0 Å². The number of hydrogen-bond donors (Lipinski definition) is 1. The standard InChI is InChI=1S/C16H24FN3O/c1-4-8-18-15-14(17)13(7-9-19-15)16(21)20(11(2)3)10-12-5-6-12/h7,9,11-12H,4-6,8,10H2,1-3H3,(H,18,19). The minimum atomic E-state index is -0.544. The summed E-state index contributed by atoms with van der Waals surface area (Å²) in [5.41, 5.74) is 0.109. The van der Waals surface area contributed by atoms with Crippen LogP contribution in [0.25, 0.3) is 0 Å². The van der Waals surface area contributed by atoms with Crippen LogP contribution in [0.4, 0.5) is 10.2 Å². The van der Waals surface area contributed by atoms with Gasteiger partial charge < -0.3 is 10.2 Å². The normalized spacial score (nSPS) is 14.3. The zero-order valence-corrected chi connectivity index (χ0v) is 13.0. The van der Waals surface area contributed by atoms with Gasteiger partial charge in [0.05, 0.1) is 5.56 Å². The summed E-state index contributed by atoms with van der Waals surface area (Å²) in [6, 6.07) is 1.54. The van der Waals surface area contributed by atoms with E-state index in [-0.39, 0.29) is 23.3 Å². The SMILES string of the molecule is CCCNc1nccc(C(=O)N(CC2CC2)C(C)C)c1F. The molecule has 1 heterocycles. The maximum absolute atomic E-state index is 14.5. The van der Waals surface area contributed by atoms with Gasteiger partial charge in [-0.1, -0.05) is 6.92 Å². The molecule has 0 atom stereocenters. The Morgan fingerprint density at radius 1 is 1.52 bits per heavy atom. The van der Waals surface area contributed by atoms with E-state index < -0.39 is 5.82 Å². The fourth-order valence-electron chi connectivity index (χ4n) is 2.24. The Morgan fingerprint density at radius 2 is 2.24 bits per heavy atom. The first kappa shape index (κ1) is 15.7. The van der Waals surface area contributed by atoms with E-state index in [9.17, 15) is 9.18 Å². The van der Waals surface area contributed by atoms with Gasteiger partial charge in [-0.3, -0.25) is 4.79 Å². The molecule has 1 N–H and O–H groups in total. The highest BCUT2D eigenvalue weighted by Crippen LogP contribution is 2.31. The van der Waals surface area contributed by atoms with Gasteiger partial charge in [0.1, 0.15) is 0 Å². The van der Waals surface area contributed by atoms with Gasteiger partial charge in [-0.05, 0) is 45.1 Å². The maximum atomic E-state index is 14.5. The quantitative estimate of drug-likeness (QED) is 0.839. The molecule has 116 valence electrons. The third-order valence-corrected chi connectivity index (χ3v) is 3.70. The minimum absolute atomic E-state index is 0.0673. The van der Waals surface area contributed by atoms with Gasteiger partial charge in [0, 0.05) is 25.3 Å². The Hall–Kier alpha value is -1.65. The molecule has 0 radical (unpaired) electrons. The monoisotopic (exact) mass is 293 g/mol. The van der Waals surface area contributed by atoms with E-state index in [2.05, 4.69) is 10.3 Å². The molecule has 1 aromatic rings. The van der Waals surface area contributed by atoms with E-state index in [1.165, 1.54) is 25.1 Å². The van der Waals surface area contributed by atoms with Crippen molar-refractivity contribution in [1.82, 2.24) is 9.88 Å². The van der Waals surface area contributed by atoms with Crippen LogP contribution in [0.15, 0.2) is 12.3 Å². The van der Waals surface area contributed by atoms with E-state index in [4.69, 9.17) is 0 Å². The molecule has 0 unspecified atom stereocenters. The van der Waals surface area contributed by atoms with Crippen molar-refractivity contribution in [3.63, 3.8) is 0 Å². The van der Waals surface area contributed by atoms with E-state index in [0.717, 1.165) is 13.0 Å². The van der Waals surface area contributed by atoms with Crippen molar-refractivity contribution < 1.29 is 9.18 Å². The largest absolute Gasteiger partial charge is 0.368 e. The van der Waals surface area contributed by atoms with Crippen LogP contribution in [0, 0.1) is 11.7 Å². The summed E-state index contributed by atoms with van der Waals surface area (Å²) in [5.74, 6) is -0.0366. The van der Waals surface area contributed by atoms with Crippen LogP contribution < -0.4 is 5.32 Å². The first-order valence-electron chi connectivity index (χ1n) is 7.74. The van der Waals surface area contributed by atoms with E-state index in [1.807, 2.05) is 20.8 Å². The highest BCUT2D eigenvalue weighted by atomic mass is 19.1. The second-order valence-corrected chi connectivity index (χ2v) is 5.94. The molecule has 1 aliphatic carbocycles. The third kappa shape index (κ3) is 3.93. The molecule has 0 aliphatic heterocycles. The average Bonchev–Trinajstić information content (AvgIpc) is 3.27. The van der Waals surface area contributed by atoms with Crippen molar-refractivity contribution in [3.8, 4) is 0 Å². The Balaban J connectivity index is 2.19. The van der Waals surface area contributed by atoms with Crippen LogP contribution >= 0.6 is 0 Å². The summed E-state index contributed by atoms with van der Waals surface area (Å²) in [6.45, 7) is 7.29. The third-order valence-electron chi connectivity index (χ3n) is 3.70. The topological polar surface area (TPSA) is 45.2 Å². The Morgan fingerprint density at radius 3 is 2.81 bits per heavy atom. The number of carbonyl (C=O) groups is 1. The molecule has 0 saturated heterocycles. The van der Waals surface area contributed by atoms with Gasteiger partial charge in [-0.2, -0.15) is 0 Å². The van der Waals surface area contributed by atoms with Gasteiger partial charge in [0.2, 0.25) is 0 Å². The molecule has 5 heteroatoms. The fourth-order valence-corrected chi connectivity index (χ4v) is 2.24. The second kappa shape index (κ2) is 6.87. The maximum Gasteiger partial charge on any atom is 0.257 e. The first-order valence-corrected chi connectivity index (χ1v) is 7.74. The Labute approximate surface area is 125 Å².